The van der Waals surface area contributed by atoms with E-state index in [2.05, 4.69) is 30.9 Å². The molecule has 1 unspecified atom stereocenters. The number of ether oxygens (including phenoxy) is 1. The van der Waals surface area contributed by atoms with Crippen LogP contribution < -0.4 is 5.32 Å². The molecule has 1 N–H and O–H groups in total. The fourth-order valence-electron chi connectivity index (χ4n) is 1.72. The lowest BCUT2D eigenvalue weighted by Gasteiger charge is -2.38. The highest BCUT2D eigenvalue weighted by molar-refractivity contribution is 7.99. The normalized spacial score (nSPS) is 26.4. The molecule has 84 valence electrons. The zero-order chi connectivity index (χ0) is 10.4. The lowest BCUT2D eigenvalue weighted by molar-refractivity contribution is 0.139. The number of rotatable bonds is 5. The topological polar surface area (TPSA) is 21.3 Å². The first-order valence-corrected chi connectivity index (χ1v) is 6.71. The summed E-state index contributed by atoms with van der Waals surface area (Å²) in [4.78, 5) is 0. The first-order valence-electron chi connectivity index (χ1n) is 5.55. The van der Waals surface area contributed by atoms with Crippen LogP contribution in [0, 0.1) is 5.41 Å². The zero-order valence-corrected chi connectivity index (χ0v) is 10.5. The summed E-state index contributed by atoms with van der Waals surface area (Å²) in [5, 5.41) is 3.60. The number of thioether (sulfide) groups is 1. The van der Waals surface area contributed by atoms with Crippen LogP contribution in [0.15, 0.2) is 0 Å². The van der Waals surface area contributed by atoms with Crippen LogP contribution in [-0.4, -0.2) is 37.3 Å². The first-order chi connectivity index (χ1) is 6.67. The molecule has 2 nitrogen and oxygen atoms in total. The fraction of sp³-hybridized carbons (Fsp3) is 1.00. The summed E-state index contributed by atoms with van der Waals surface area (Å²) in [6, 6.07) is 0.654. The van der Waals surface area contributed by atoms with Crippen LogP contribution in [0.25, 0.3) is 0 Å². The van der Waals surface area contributed by atoms with Crippen molar-refractivity contribution in [3.8, 4) is 0 Å². The Labute approximate surface area is 92.2 Å². The Balaban J connectivity index is 2.20. The summed E-state index contributed by atoms with van der Waals surface area (Å²) in [7, 11) is 0. The Kier molecular flexibility index (Phi) is 5.28. The minimum atomic E-state index is 0.456. The van der Waals surface area contributed by atoms with E-state index in [0.29, 0.717) is 11.5 Å². The highest BCUT2D eigenvalue weighted by Crippen LogP contribution is 2.33. The van der Waals surface area contributed by atoms with E-state index in [-0.39, 0.29) is 0 Å². The summed E-state index contributed by atoms with van der Waals surface area (Å²) in [6.45, 7) is 9.43. The maximum Gasteiger partial charge on any atom is 0.0590 e. The quantitative estimate of drug-likeness (QED) is 0.713. The molecule has 0 aromatic rings. The maximum atomic E-state index is 5.32. The number of nitrogens with one attached hydrogen (secondary N) is 1. The molecule has 1 saturated heterocycles. The second-order valence-electron chi connectivity index (χ2n) is 4.52. The molecule has 0 spiro atoms. The standard InChI is InChI=1S/C11H23NOS/c1-4-13-7-6-12-10-9-14-8-5-11(10,2)3/h10,12H,4-9H2,1-3H3. The molecule has 14 heavy (non-hydrogen) atoms. The third-order valence-corrected chi connectivity index (χ3v) is 4.02. The average Bonchev–Trinajstić information content (AvgIpc) is 2.14. The van der Waals surface area contributed by atoms with Crippen LogP contribution in [0.3, 0.4) is 0 Å². The van der Waals surface area contributed by atoms with Crippen LogP contribution in [0.5, 0.6) is 0 Å². The predicted octanol–water partition coefficient (Wildman–Crippen LogP) is 2.14. The van der Waals surface area contributed by atoms with Crippen molar-refractivity contribution in [2.45, 2.75) is 33.2 Å². The lowest BCUT2D eigenvalue weighted by Crippen LogP contribution is -2.47. The molecule has 1 fully saturated rings. The summed E-state index contributed by atoms with van der Waals surface area (Å²) >= 11 is 2.07. The SMILES string of the molecule is CCOCCNC1CSCCC1(C)C. The molecule has 0 bridgehead atoms. The van der Waals surface area contributed by atoms with Crippen LogP contribution in [0.2, 0.25) is 0 Å². The van der Waals surface area contributed by atoms with Gasteiger partial charge in [-0.15, -0.1) is 0 Å². The molecule has 0 radical (unpaired) electrons. The molecular weight excluding hydrogens is 194 g/mol. The van der Waals surface area contributed by atoms with Crippen molar-refractivity contribution >= 4 is 11.8 Å². The van der Waals surface area contributed by atoms with Gasteiger partial charge in [0.1, 0.15) is 0 Å². The zero-order valence-electron chi connectivity index (χ0n) is 9.64. The second-order valence-corrected chi connectivity index (χ2v) is 5.67. The van der Waals surface area contributed by atoms with E-state index in [1.807, 2.05) is 6.92 Å². The van der Waals surface area contributed by atoms with Gasteiger partial charge in [-0.2, -0.15) is 11.8 Å². The van der Waals surface area contributed by atoms with E-state index in [4.69, 9.17) is 4.74 Å². The Bertz CT molecular complexity index is 161. The van der Waals surface area contributed by atoms with Crippen LogP contribution in [0.1, 0.15) is 27.2 Å². The lowest BCUT2D eigenvalue weighted by atomic mass is 9.82. The molecule has 0 saturated carbocycles. The van der Waals surface area contributed by atoms with Gasteiger partial charge >= 0.3 is 0 Å². The van der Waals surface area contributed by atoms with Crippen molar-refractivity contribution < 1.29 is 4.74 Å². The third-order valence-electron chi connectivity index (χ3n) is 2.96. The third kappa shape index (κ3) is 3.79. The van der Waals surface area contributed by atoms with Gasteiger partial charge in [0.15, 0.2) is 0 Å². The Hall–Kier alpha value is 0.270. The van der Waals surface area contributed by atoms with Crippen LogP contribution in [0.4, 0.5) is 0 Å². The predicted molar refractivity (Wildman–Crippen MR) is 64.0 cm³/mol. The Morgan fingerprint density at radius 1 is 1.50 bits per heavy atom. The Morgan fingerprint density at radius 2 is 2.29 bits per heavy atom. The van der Waals surface area contributed by atoms with Gasteiger partial charge in [0.05, 0.1) is 6.61 Å². The van der Waals surface area contributed by atoms with Gasteiger partial charge in [-0.1, -0.05) is 13.8 Å². The van der Waals surface area contributed by atoms with Crippen molar-refractivity contribution in [3.05, 3.63) is 0 Å². The van der Waals surface area contributed by atoms with Gasteiger partial charge in [0.2, 0.25) is 0 Å². The molecule has 1 aliphatic heterocycles. The summed E-state index contributed by atoms with van der Waals surface area (Å²) in [6.07, 6.45) is 1.32. The monoisotopic (exact) mass is 217 g/mol. The molecule has 0 aliphatic carbocycles. The molecular formula is C11H23NOS. The van der Waals surface area contributed by atoms with Crippen LogP contribution in [-0.2, 0) is 4.74 Å². The van der Waals surface area contributed by atoms with E-state index in [1.54, 1.807) is 0 Å². The van der Waals surface area contributed by atoms with Crippen molar-refractivity contribution in [3.63, 3.8) is 0 Å². The second kappa shape index (κ2) is 5.99. The average molecular weight is 217 g/mol. The van der Waals surface area contributed by atoms with E-state index < -0.39 is 0 Å². The fourth-order valence-corrected chi connectivity index (χ4v) is 3.36. The molecule has 3 heteroatoms. The molecule has 0 aromatic heterocycles. The van der Waals surface area contributed by atoms with Gasteiger partial charge in [-0.3, -0.25) is 0 Å². The van der Waals surface area contributed by atoms with Crippen molar-refractivity contribution in [1.29, 1.82) is 0 Å². The van der Waals surface area contributed by atoms with Crippen molar-refractivity contribution in [2.75, 3.05) is 31.3 Å². The molecule has 1 aliphatic rings. The first kappa shape index (κ1) is 12.3. The summed E-state index contributed by atoms with van der Waals surface area (Å²) in [5.74, 6) is 2.57. The summed E-state index contributed by atoms with van der Waals surface area (Å²) in [5.41, 5.74) is 0.456. The minimum Gasteiger partial charge on any atom is -0.380 e. The van der Waals surface area contributed by atoms with Crippen LogP contribution >= 0.6 is 11.8 Å². The molecule has 0 amide bonds. The molecule has 1 rings (SSSR count). The Morgan fingerprint density at radius 3 is 2.93 bits per heavy atom. The number of hydrogen-bond donors (Lipinski definition) is 1. The van der Waals surface area contributed by atoms with E-state index in [1.165, 1.54) is 17.9 Å². The van der Waals surface area contributed by atoms with Gasteiger partial charge in [-0.05, 0) is 24.5 Å². The van der Waals surface area contributed by atoms with E-state index in [0.717, 1.165) is 19.8 Å². The number of hydrogen-bond acceptors (Lipinski definition) is 3. The van der Waals surface area contributed by atoms with Gasteiger partial charge in [0, 0.05) is 24.9 Å². The van der Waals surface area contributed by atoms with E-state index in [9.17, 15) is 0 Å². The maximum absolute atomic E-state index is 5.32. The van der Waals surface area contributed by atoms with Crippen molar-refractivity contribution in [2.24, 2.45) is 5.41 Å². The highest BCUT2D eigenvalue weighted by Gasteiger charge is 2.31. The van der Waals surface area contributed by atoms with Gasteiger partial charge in [-0.25, -0.2) is 0 Å². The molecule has 1 atom stereocenters. The molecule has 1 heterocycles. The summed E-state index contributed by atoms with van der Waals surface area (Å²) < 4.78 is 5.32. The molecule has 0 aromatic carbocycles. The van der Waals surface area contributed by atoms with Gasteiger partial charge < -0.3 is 10.1 Å². The van der Waals surface area contributed by atoms with Gasteiger partial charge in [0.25, 0.3) is 0 Å². The van der Waals surface area contributed by atoms with Crippen molar-refractivity contribution in [1.82, 2.24) is 5.32 Å². The largest absolute Gasteiger partial charge is 0.380 e. The minimum absolute atomic E-state index is 0.456. The van der Waals surface area contributed by atoms with E-state index >= 15 is 0 Å². The highest BCUT2D eigenvalue weighted by atomic mass is 32.2. The smallest absolute Gasteiger partial charge is 0.0590 e.